The van der Waals surface area contributed by atoms with Gasteiger partial charge in [0, 0.05) is 30.8 Å². The Kier molecular flexibility index (Phi) is 6.91. The summed E-state index contributed by atoms with van der Waals surface area (Å²) in [5.41, 5.74) is 11.3. The average molecular weight is 394 g/mol. The Morgan fingerprint density at radius 1 is 1.21 bits per heavy atom. The largest absolute Gasteiger partial charge is 0.481 e. The highest BCUT2D eigenvalue weighted by molar-refractivity contribution is 5.94. The fraction of sp³-hybridized carbons (Fsp3) is 0.417. The summed E-state index contributed by atoms with van der Waals surface area (Å²) in [5.74, 6) is -0.378. The van der Waals surface area contributed by atoms with Crippen molar-refractivity contribution in [2.45, 2.75) is 52.0 Å². The zero-order valence-electron chi connectivity index (χ0n) is 17.2. The molecule has 0 bridgehead atoms. The summed E-state index contributed by atoms with van der Waals surface area (Å²) in [7, 11) is 0. The van der Waals surface area contributed by atoms with Crippen molar-refractivity contribution in [3.05, 3.63) is 64.7 Å². The number of aliphatic carboxylic acids is 1. The van der Waals surface area contributed by atoms with E-state index in [9.17, 15) is 4.79 Å². The lowest BCUT2D eigenvalue weighted by molar-refractivity contribution is -0.138. The number of nitrogens with two attached hydrogens (primary N) is 1. The van der Waals surface area contributed by atoms with Gasteiger partial charge in [-0.25, -0.2) is 0 Å². The molecule has 2 aromatic carbocycles. The standard InChI is InChI=1S/C24H31N3O2/c1-2-3-12-27(16-17-4-8-20(9-5-17)24(25)26)22-11-10-19-7-6-18(14-23(28)29)13-21(19)15-22/h4-5,8-11,15,18H,2-3,6-7,12-14,16H2,1H3,(H3,25,26)(H,28,29). The van der Waals surface area contributed by atoms with Crippen molar-refractivity contribution in [3.63, 3.8) is 0 Å². The minimum Gasteiger partial charge on any atom is -0.481 e. The van der Waals surface area contributed by atoms with Gasteiger partial charge in [0.05, 0.1) is 0 Å². The smallest absolute Gasteiger partial charge is 0.303 e. The van der Waals surface area contributed by atoms with Gasteiger partial charge in [-0.2, -0.15) is 0 Å². The van der Waals surface area contributed by atoms with Gasteiger partial charge in [0.25, 0.3) is 0 Å². The van der Waals surface area contributed by atoms with Crippen LogP contribution in [0, 0.1) is 11.3 Å². The zero-order valence-corrected chi connectivity index (χ0v) is 17.2. The van der Waals surface area contributed by atoms with Gasteiger partial charge in [0.15, 0.2) is 0 Å². The number of nitrogen functional groups attached to an aromatic ring is 1. The summed E-state index contributed by atoms with van der Waals surface area (Å²) in [5, 5.41) is 16.7. The summed E-state index contributed by atoms with van der Waals surface area (Å²) in [6.07, 6.45) is 5.28. The van der Waals surface area contributed by atoms with E-state index in [-0.39, 0.29) is 18.2 Å². The van der Waals surface area contributed by atoms with E-state index < -0.39 is 5.97 Å². The first-order valence-electron chi connectivity index (χ1n) is 10.5. The lowest BCUT2D eigenvalue weighted by atomic mass is 9.82. The number of nitrogens with one attached hydrogen (secondary N) is 1. The Morgan fingerprint density at radius 2 is 1.97 bits per heavy atom. The highest BCUT2D eigenvalue weighted by atomic mass is 16.4. The van der Waals surface area contributed by atoms with Crippen molar-refractivity contribution in [2.24, 2.45) is 11.7 Å². The van der Waals surface area contributed by atoms with E-state index in [1.807, 2.05) is 24.3 Å². The van der Waals surface area contributed by atoms with Crippen LogP contribution in [-0.4, -0.2) is 23.5 Å². The second-order valence-corrected chi connectivity index (χ2v) is 8.05. The van der Waals surface area contributed by atoms with E-state index in [0.717, 1.165) is 50.8 Å². The van der Waals surface area contributed by atoms with Crippen molar-refractivity contribution in [2.75, 3.05) is 11.4 Å². The highest BCUT2D eigenvalue weighted by Crippen LogP contribution is 2.31. The number of hydrogen-bond donors (Lipinski definition) is 3. The SMILES string of the molecule is CCCCN(Cc1ccc(C(=N)N)cc1)c1ccc2c(c1)CC(CC(=O)O)CC2. The lowest BCUT2D eigenvalue weighted by Gasteiger charge is -2.29. The molecular formula is C24H31N3O2. The van der Waals surface area contributed by atoms with E-state index in [0.29, 0.717) is 0 Å². The number of carbonyl (C=O) groups is 1. The van der Waals surface area contributed by atoms with E-state index in [4.69, 9.17) is 16.2 Å². The molecule has 5 nitrogen and oxygen atoms in total. The van der Waals surface area contributed by atoms with E-state index in [1.165, 1.54) is 22.4 Å². The third-order valence-electron chi connectivity index (χ3n) is 5.77. The number of amidine groups is 1. The highest BCUT2D eigenvalue weighted by Gasteiger charge is 2.22. The van der Waals surface area contributed by atoms with Crippen molar-refractivity contribution in [1.29, 1.82) is 5.41 Å². The molecule has 0 aliphatic heterocycles. The predicted octanol–water partition coefficient (Wildman–Crippen LogP) is 4.36. The minimum absolute atomic E-state index is 0.0880. The summed E-state index contributed by atoms with van der Waals surface area (Å²) in [6, 6.07) is 14.6. The number of anilines is 1. The molecule has 1 atom stereocenters. The van der Waals surface area contributed by atoms with E-state index in [2.05, 4.69) is 30.0 Å². The maximum absolute atomic E-state index is 11.1. The normalized spacial score (nSPS) is 15.6. The molecule has 0 radical (unpaired) electrons. The van der Waals surface area contributed by atoms with Crippen LogP contribution < -0.4 is 10.6 Å². The molecule has 0 aromatic heterocycles. The van der Waals surface area contributed by atoms with Gasteiger partial charge in [-0.15, -0.1) is 0 Å². The van der Waals surface area contributed by atoms with Gasteiger partial charge in [-0.3, -0.25) is 10.2 Å². The summed E-state index contributed by atoms with van der Waals surface area (Å²) in [4.78, 5) is 13.5. The Morgan fingerprint density at radius 3 is 2.62 bits per heavy atom. The maximum atomic E-state index is 11.1. The molecule has 1 aliphatic rings. The molecule has 154 valence electrons. The Bertz CT molecular complexity index is 861. The third-order valence-corrected chi connectivity index (χ3v) is 5.77. The van der Waals surface area contributed by atoms with Crippen LogP contribution in [-0.2, 0) is 24.2 Å². The topological polar surface area (TPSA) is 90.4 Å². The number of benzene rings is 2. The van der Waals surface area contributed by atoms with Crippen LogP contribution in [0.5, 0.6) is 0 Å². The van der Waals surface area contributed by atoms with Gasteiger partial charge in [-0.1, -0.05) is 43.7 Å². The number of fused-ring (bicyclic) bond motifs is 1. The van der Waals surface area contributed by atoms with Gasteiger partial charge in [-0.05, 0) is 60.4 Å². The van der Waals surface area contributed by atoms with Crippen molar-refractivity contribution in [3.8, 4) is 0 Å². The number of hydrogen-bond acceptors (Lipinski definition) is 3. The van der Waals surface area contributed by atoms with Crippen molar-refractivity contribution < 1.29 is 9.90 Å². The first-order chi connectivity index (χ1) is 14.0. The van der Waals surface area contributed by atoms with Crippen LogP contribution in [0.2, 0.25) is 0 Å². The van der Waals surface area contributed by atoms with Gasteiger partial charge in [0.1, 0.15) is 5.84 Å². The van der Waals surface area contributed by atoms with Crippen LogP contribution in [0.25, 0.3) is 0 Å². The number of unbranched alkanes of at least 4 members (excludes halogenated alkanes) is 1. The first-order valence-corrected chi connectivity index (χ1v) is 10.5. The van der Waals surface area contributed by atoms with Crippen molar-refractivity contribution >= 4 is 17.5 Å². The molecule has 5 heteroatoms. The molecule has 3 rings (SSSR count). The number of aryl methyl sites for hydroxylation is 1. The average Bonchev–Trinajstić information content (AvgIpc) is 2.70. The Balaban J connectivity index is 1.79. The van der Waals surface area contributed by atoms with E-state index in [1.54, 1.807) is 0 Å². The Labute approximate surface area is 173 Å². The van der Waals surface area contributed by atoms with Gasteiger partial charge >= 0.3 is 5.97 Å². The molecule has 1 unspecified atom stereocenters. The van der Waals surface area contributed by atoms with Gasteiger partial charge in [0.2, 0.25) is 0 Å². The number of carboxylic acid groups (broad SMARTS) is 1. The molecule has 0 saturated carbocycles. The van der Waals surface area contributed by atoms with Gasteiger partial charge < -0.3 is 15.7 Å². The van der Waals surface area contributed by atoms with Crippen LogP contribution in [0.4, 0.5) is 5.69 Å². The lowest BCUT2D eigenvalue weighted by Crippen LogP contribution is -2.25. The molecule has 4 N–H and O–H groups in total. The van der Waals surface area contributed by atoms with Crippen LogP contribution >= 0.6 is 0 Å². The number of nitrogens with zero attached hydrogens (tertiary/aromatic N) is 1. The second kappa shape index (κ2) is 9.59. The van der Waals surface area contributed by atoms with Crippen LogP contribution in [0.3, 0.4) is 0 Å². The summed E-state index contributed by atoms with van der Waals surface area (Å²) >= 11 is 0. The fourth-order valence-electron chi connectivity index (χ4n) is 4.10. The predicted molar refractivity (Wildman–Crippen MR) is 118 cm³/mol. The van der Waals surface area contributed by atoms with Crippen LogP contribution in [0.1, 0.15) is 54.9 Å². The molecule has 29 heavy (non-hydrogen) atoms. The molecule has 0 amide bonds. The fourth-order valence-corrected chi connectivity index (χ4v) is 4.10. The monoisotopic (exact) mass is 393 g/mol. The summed E-state index contributed by atoms with van der Waals surface area (Å²) < 4.78 is 0. The minimum atomic E-state index is -0.701. The molecule has 0 spiro atoms. The third kappa shape index (κ3) is 5.59. The zero-order chi connectivity index (χ0) is 20.8. The molecule has 1 aliphatic carbocycles. The second-order valence-electron chi connectivity index (χ2n) is 8.05. The Hall–Kier alpha value is -2.82. The number of rotatable bonds is 9. The molecule has 0 heterocycles. The molecular weight excluding hydrogens is 362 g/mol. The van der Waals surface area contributed by atoms with E-state index >= 15 is 0 Å². The first kappa shape index (κ1) is 20.9. The molecule has 0 fully saturated rings. The maximum Gasteiger partial charge on any atom is 0.303 e. The number of carboxylic acids is 1. The quantitative estimate of drug-likeness (QED) is 0.436. The van der Waals surface area contributed by atoms with Crippen LogP contribution in [0.15, 0.2) is 42.5 Å². The summed E-state index contributed by atoms with van der Waals surface area (Å²) in [6.45, 7) is 3.97. The van der Waals surface area contributed by atoms with Crippen molar-refractivity contribution in [1.82, 2.24) is 0 Å². The molecule has 0 saturated heterocycles. The molecule has 2 aromatic rings.